The van der Waals surface area contributed by atoms with Crippen LogP contribution < -0.4 is 14.8 Å². The molecule has 1 amide bonds. The Morgan fingerprint density at radius 2 is 1.85 bits per heavy atom. The van der Waals surface area contributed by atoms with E-state index in [9.17, 15) is 9.59 Å². The molecule has 0 aromatic heterocycles. The third-order valence-electron chi connectivity index (χ3n) is 2.47. The molecule has 1 aromatic carbocycles. The maximum atomic E-state index is 11.4. The lowest BCUT2D eigenvalue weighted by atomic mass is 10.3. The molecule has 7 nitrogen and oxygen atoms in total. The predicted octanol–water partition coefficient (Wildman–Crippen LogP) is 0.0258. The highest BCUT2D eigenvalue weighted by Crippen LogP contribution is 2.16. The lowest BCUT2D eigenvalue weighted by Gasteiger charge is -2.12. The SMILES string of the molecule is COc1ccc(OCCC(=O)N[C@@H](CO)C(=O)O)cc1. The van der Waals surface area contributed by atoms with Crippen LogP contribution in [0.3, 0.4) is 0 Å². The minimum atomic E-state index is -1.29. The van der Waals surface area contributed by atoms with E-state index in [2.05, 4.69) is 5.32 Å². The smallest absolute Gasteiger partial charge is 0.328 e. The Labute approximate surface area is 116 Å². The third-order valence-corrected chi connectivity index (χ3v) is 2.47. The van der Waals surface area contributed by atoms with E-state index < -0.39 is 24.5 Å². The van der Waals surface area contributed by atoms with Crippen molar-refractivity contribution in [1.29, 1.82) is 0 Å². The standard InChI is InChI=1S/C13H17NO6/c1-19-9-2-4-10(5-3-9)20-7-6-12(16)14-11(8-15)13(17)18/h2-5,11,15H,6-8H2,1H3,(H,14,16)(H,17,18)/t11-/m0/s1. The number of nitrogens with one attached hydrogen (secondary N) is 1. The summed E-state index contributed by atoms with van der Waals surface area (Å²) in [6, 6.07) is 5.56. The fourth-order valence-electron chi connectivity index (χ4n) is 1.39. The van der Waals surface area contributed by atoms with Crippen LogP contribution in [0, 0.1) is 0 Å². The molecule has 7 heteroatoms. The van der Waals surface area contributed by atoms with Crippen LogP contribution in [0.4, 0.5) is 0 Å². The van der Waals surface area contributed by atoms with Gasteiger partial charge in [0.15, 0.2) is 0 Å². The van der Waals surface area contributed by atoms with Crippen molar-refractivity contribution in [2.24, 2.45) is 0 Å². The molecular weight excluding hydrogens is 266 g/mol. The number of amides is 1. The largest absolute Gasteiger partial charge is 0.497 e. The number of hydrogen-bond donors (Lipinski definition) is 3. The van der Waals surface area contributed by atoms with E-state index >= 15 is 0 Å². The molecule has 1 aromatic rings. The van der Waals surface area contributed by atoms with Gasteiger partial charge in [-0.05, 0) is 24.3 Å². The first kappa shape index (κ1) is 15.8. The van der Waals surface area contributed by atoms with E-state index in [4.69, 9.17) is 19.7 Å². The lowest BCUT2D eigenvalue weighted by molar-refractivity contribution is -0.143. The van der Waals surface area contributed by atoms with E-state index in [1.165, 1.54) is 0 Å². The van der Waals surface area contributed by atoms with Crippen LogP contribution in [-0.2, 0) is 9.59 Å². The Kier molecular flexibility index (Phi) is 6.31. The average molecular weight is 283 g/mol. The number of carbonyl (C=O) groups is 2. The Hall–Kier alpha value is -2.28. The van der Waals surface area contributed by atoms with Gasteiger partial charge in [0.25, 0.3) is 0 Å². The molecule has 0 saturated heterocycles. The summed E-state index contributed by atoms with van der Waals surface area (Å²) in [5.74, 6) is -0.505. The number of hydrogen-bond acceptors (Lipinski definition) is 5. The first-order chi connectivity index (χ1) is 9.56. The van der Waals surface area contributed by atoms with Gasteiger partial charge in [0.1, 0.15) is 17.5 Å². The maximum Gasteiger partial charge on any atom is 0.328 e. The number of carboxylic acid groups (broad SMARTS) is 1. The molecule has 0 unspecified atom stereocenters. The normalized spacial score (nSPS) is 11.5. The highest BCUT2D eigenvalue weighted by atomic mass is 16.5. The molecule has 0 spiro atoms. The maximum absolute atomic E-state index is 11.4. The summed E-state index contributed by atoms with van der Waals surface area (Å²) in [5, 5.41) is 19.6. The van der Waals surface area contributed by atoms with Gasteiger partial charge in [-0.2, -0.15) is 0 Å². The van der Waals surface area contributed by atoms with Gasteiger partial charge in [-0.3, -0.25) is 4.79 Å². The van der Waals surface area contributed by atoms with Gasteiger partial charge in [-0.1, -0.05) is 0 Å². The van der Waals surface area contributed by atoms with Gasteiger partial charge in [0.05, 0.1) is 26.7 Å². The summed E-state index contributed by atoms with van der Waals surface area (Å²) in [5.41, 5.74) is 0. The van der Waals surface area contributed by atoms with Crippen molar-refractivity contribution in [1.82, 2.24) is 5.32 Å². The first-order valence-electron chi connectivity index (χ1n) is 5.96. The van der Waals surface area contributed by atoms with Crippen LogP contribution in [-0.4, -0.2) is 48.5 Å². The molecule has 0 aliphatic heterocycles. The van der Waals surface area contributed by atoms with E-state index in [1.807, 2.05) is 0 Å². The molecule has 0 saturated carbocycles. The number of aliphatic hydroxyl groups excluding tert-OH is 1. The summed E-state index contributed by atoms with van der Waals surface area (Å²) in [6.45, 7) is -0.545. The lowest BCUT2D eigenvalue weighted by Crippen LogP contribution is -2.43. The van der Waals surface area contributed by atoms with E-state index in [0.717, 1.165) is 0 Å². The van der Waals surface area contributed by atoms with Crippen molar-refractivity contribution < 1.29 is 29.3 Å². The monoisotopic (exact) mass is 283 g/mol. The second-order valence-electron chi connectivity index (χ2n) is 3.91. The summed E-state index contributed by atoms with van der Waals surface area (Å²) in [6.07, 6.45) is -0.00416. The quantitative estimate of drug-likeness (QED) is 0.621. The molecule has 0 aliphatic rings. The van der Waals surface area contributed by atoms with Crippen LogP contribution in [0.5, 0.6) is 11.5 Å². The number of aliphatic carboxylic acids is 1. The minimum absolute atomic E-state index is 0.00416. The number of benzene rings is 1. The van der Waals surface area contributed by atoms with Crippen LogP contribution in [0.15, 0.2) is 24.3 Å². The molecule has 20 heavy (non-hydrogen) atoms. The third kappa shape index (κ3) is 5.15. The molecule has 0 bridgehead atoms. The van der Waals surface area contributed by atoms with E-state index in [1.54, 1.807) is 31.4 Å². The predicted molar refractivity (Wildman–Crippen MR) is 69.8 cm³/mol. The Balaban J connectivity index is 2.32. The molecule has 110 valence electrons. The number of ether oxygens (including phenoxy) is 2. The zero-order valence-electron chi connectivity index (χ0n) is 11.0. The molecular formula is C13H17NO6. The molecule has 0 heterocycles. The zero-order valence-corrected chi connectivity index (χ0v) is 11.0. The number of aliphatic hydroxyl groups is 1. The van der Waals surface area contributed by atoms with Gasteiger partial charge >= 0.3 is 5.97 Å². The van der Waals surface area contributed by atoms with Gasteiger partial charge in [-0.25, -0.2) is 4.79 Å². The molecule has 1 rings (SSSR count). The Bertz CT molecular complexity index is 445. The summed E-state index contributed by atoms with van der Waals surface area (Å²) in [4.78, 5) is 22.0. The fourth-order valence-corrected chi connectivity index (χ4v) is 1.39. The minimum Gasteiger partial charge on any atom is -0.497 e. The molecule has 1 atom stereocenters. The number of carbonyl (C=O) groups excluding carboxylic acids is 1. The summed E-state index contributed by atoms with van der Waals surface area (Å²) < 4.78 is 10.3. The first-order valence-corrected chi connectivity index (χ1v) is 5.96. The van der Waals surface area contributed by atoms with Crippen molar-refractivity contribution in [3.8, 4) is 11.5 Å². The van der Waals surface area contributed by atoms with Gasteiger partial charge in [0.2, 0.25) is 5.91 Å². The second kappa shape index (κ2) is 8.00. The average Bonchev–Trinajstić information content (AvgIpc) is 2.45. The van der Waals surface area contributed by atoms with Crippen LogP contribution in [0.1, 0.15) is 6.42 Å². The Morgan fingerprint density at radius 3 is 2.35 bits per heavy atom. The Morgan fingerprint density at radius 1 is 1.25 bits per heavy atom. The van der Waals surface area contributed by atoms with Crippen molar-refractivity contribution in [2.45, 2.75) is 12.5 Å². The van der Waals surface area contributed by atoms with E-state index in [-0.39, 0.29) is 13.0 Å². The van der Waals surface area contributed by atoms with Crippen molar-refractivity contribution in [3.05, 3.63) is 24.3 Å². The number of carboxylic acids is 1. The van der Waals surface area contributed by atoms with Crippen molar-refractivity contribution in [2.75, 3.05) is 20.3 Å². The van der Waals surface area contributed by atoms with Crippen LogP contribution in [0.2, 0.25) is 0 Å². The number of rotatable bonds is 8. The summed E-state index contributed by atoms with van der Waals surface area (Å²) in [7, 11) is 1.56. The van der Waals surface area contributed by atoms with Gasteiger partial charge in [0, 0.05) is 0 Å². The van der Waals surface area contributed by atoms with Crippen LogP contribution in [0.25, 0.3) is 0 Å². The fraction of sp³-hybridized carbons (Fsp3) is 0.385. The topological polar surface area (TPSA) is 105 Å². The second-order valence-corrected chi connectivity index (χ2v) is 3.91. The number of methoxy groups -OCH3 is 1. The van der Waals surface area contributed by atoms with Crippen molar-refractivity contribution >= 4 is 11.9 Å². The highest BCUT2D eigenvalue weighted by molar-refractivity contribution is 5.83. The van der Waals surface area contributed by atoms with Crippen LogP contribution >= 0.6 is 0 Å². The molecule has 3 N–H and O–H groups in total. The van der Waals surface area contributed by atoms with Gasteiger partial charge in [-0.15, -0.1) is 0 Å². The molecule has 0 radical (unpaired) electrons. The molecule has 0 fully saturated rings. The van der Waals surface area contributed by atoms with E-state index in [0.29, 0.717) is 11.5 Å². The zero-order chi connectivity index (χ0) is 15.0. The highest BCUT2D eigenvalue weighted by Gasteiger charge is 2.18. The summed E-state index contributed by atoms with van der Waals surface area (Å²) >= 11 is 0. The van der Waals surface area contributed by atoms with Crippen molar-refractivity contribution in [3.63, 3.8) is 0 Å². The molecule has 0 aliphatic carbocycles. The van der Waals surface area contributed by atoms with Gasteiger partial charge < -0.3 is 25.0 Å².